The fourth-order valence-electron chi connectivity index (χ4n) is 3.41. The van der Waals surface area contributed by atoms with Gasteiger partial charge in [-0.3, -0.25) is 0 Å². The third kappa shape index (κ3) is 4.44. The van der Waals surface area contributed by atoms with Gasteiger partial charge in [0.25, 0.3) is 0 Å². The van der Waals surface area contributed by atoms with Crippen molar-refractivity contribution in [3.05, 3.63) is 36.5 Å². The number of aromatic nitrogens is 3. The van der Waals surface area contributed by atoms with Crippen molar-refractivity contribution in [1.82, 2.24) is 18.8 Å². The van der Waals surface area contributed by atoms with E-state index in [2.05, 4.69) is 15.3 Å². The van der Waals surface area contributed by atoms with E-state index in [9.17, 15) is 26.7 Å². The molecule has 0 aliphatic carbocycles. The second-order valence-corrected chi connectivity index (χ2v) is 9.18. The summed E-state index contributed by atoms with van der Waals surface area (Å²) in [5, 5.41) is 13.0. The van der Waals surface area contributed by atoms with Crippen molar-refractivity contribution in [3.8, 4) is 0 Å². The molecule has 0 bridgehead atoms. The quantitative estimate of drug-likeness (QED) is 0.675. The molecule has 1 fully saturated rings. The van der Waals surface area contributed by atoms with Crippen LogP contribution in [0.3, 0.4) is 0 Å². The Morgan fingerprint density at radius 1 is 1.17 bits per heavy atom. The molecule has 1 aliphatic heterocycles. The highest BCUT2D eigenvalue weighted by atomic mass is 32.2. The molecule has 3 rings (SSSR count). The summed E-state index contributed by atoms with van der Waals surface area (Å²) in [7, 11) is -2.26. The van der Waals surface area contributed by atoms with Gasteiger partial charge in [-0.15, -0.1) is 0 Å². The Balaban J connectivity index is 1.67. The van der Waals surface area contributed by atoms with Gasteiger partial charge in [-0.25, -0.2) is 18.4 Å². The zero-order valence-corrected chi connectivity index (χ0v) is 17.2. The number of piperidine rings is 1. The molecule has 30 heavy (non-hydrogen) atoms. The van der Waals surface area contributed by atoms with E-state index in [0.29, 0.717) is 13.1 Å². The SMILES string of the molecule is Cn1ccnc1C(O)(CCNc1ccc(S(=O)(=O)N2CCCCC2)cn1)C(F)(F)F. The molecule has 3 heterocycles. The van der Waals surface area contributed by atoms with E-state index in [1.165, 1.54) is 42.1 Å². The third-order valence-corrected chi connectivity index (χ3v) is 7.02. The third-order valence-electron chi connectivity index (χ3n) is 5.14. The van der Waals surface area contributed by atoms with E-state index in [4.69, 9.17) is 0 Å². The highest BCUT2D eigenvalue weighted by molar-refractivity contribution is 7.89. The Morgan fingerprint density at radius 2 is 1.87 bits per heavy atom. The number of hydrogen-bond donors (Lipinski definition) is 2. The minimum absolute atomic E-state index is 0.0368. The van der Waals surface area contributed by atoms with Crippen LogP contribution in [-0.4, -0.2) is 58.2 Å². The van der Waals surface area contributed by atoms with E-state index >= 15 is 0 Å². The lowest BCUT2D eigenvalue weighted by Gasteiger charge is -2.30. The van der Waals surface area contributed by atoms with Crippen molar-refractivity contribution in [2.45, 2.75) is 42.4 Å². The van der Waals surface area contributed by atoms with Crippen LogP contribution in [0, 0.1) is 0 Å². The van der Waals surface area contributed by atoms with Gasteiger partial charge in [0, 0.05) is 51.7 Å². The molecule has 0 aromatic carbocycles. The number of pyridine rings is 1. The minimum Gasteiger partial charge on any atom is -0.374 e. The number of rotatable bonds is 7. The average molecular weight is 447 g/mol. The van der Waals surface area contributed by atoms with Crippen molar-refractivity contribution < 1.29 is 26.7 Å². The summed E-state index contributed by atoms with van der Waals surface area (Å²) >= 11 is 0. The Bertz CT molecular complexity index is 956. The molecule has 0 saturated carbocycles. The van der Waals surface area contributed by atoms with Gasteiger partial charge < -0.3 is 15.0 Å². The van der Waals surface area contributed by atoms with Crippen LogP contribution in [0.5, 0.6) is 0 Å². The number of aliphatic hydroxyl groups is 1. The fraction of sp³-hybridized carbons (Fsp3) is 0.556. The highest BCUT2D eigenvalue weighted by Crippen LogP contribution is 2.40. The summed E-state index contributed by atoms with van der Waals surface area (Å²) in [4.78, 5) is 7.68. The van der Waals surface area contributed by atoms with Crippen LogP contribution in [0.2, 0.25) is 0 Å². The first-order valence-corrected chi connectivity index (χ1v) is 11.0. The van der Waals surface area contributed by atoms with Crippen molar-refractivity contribution in [3.63, 3.8) is 0 Å². The van der Waals surface area contributed by atoms with Gasteiger partial charge in [0.15, 0.2) is 0 Å². The molecular weight excluding hydrogens is 423 g/mol. The normalized spacial score (nSPS) is 18.2. The van der Waals surface area contributed by atoms with Gasteiger partial charge in [0.05, 0.1) is 0 Å². The second kappa shape index (κ2) is 8.52. The van der Waals surface area contributed by atoms with E-state index in [1.807, 2.05) is 0 Å². The maximum Gasteiger partial charge on any atom is 0.424 e. The van der Waals surface area contributed by atoms with Crippen LogP contribution in [0.1, 0.15) is 31.5 Å². The smallest absolute Gasteiger partial charge is 0.374 e. The summed E-state index contributed by atoms with van der Waals surface area (Å²) in [5.41, 5.74) is -3.13. The summed E-state index contributed by atoms with van der Waals surface area (Å²) in [6, 6.07) is 2.76. The van der Waals surface area contributed by atoms with Crippen molar-refractivity contribution in [2.75, 3.05) is 25.0 Å². The van der Waals surface area contributed by atoms with Crippen LogP contribution >= 0.6 is 0 Å². The minimum atomic E-state index is -4.92. The van der Waals surface area contributed by atoms with Crippen molar-refractivity contribution in [1.29, 1.82) is 0 Å². The molecular formula is C18H24F3N5O3S. The molecule has 1 saturated heterocycles. The number of hydrogen-bond acceptors (Lipinski definition) is 6. The molecule has 1 atom stereocenters. The van der Waals surface area contributed by atoms with E-state index in [0.717, 1.165) is 23.8 Å². The number of imidazole rings is 1. The average Bonchev–Trinajstić information content (AvgIpc) is 3.14. The standard InChI is InChI=1S/C18H24F3N5O3S/c1-25-12-9-23-16(25)17(27,18(19,20)21)7-8-22-15-6-5-14(13-24-15)30(28,29)26-10-3-2-4-11-26/h5-6,9,12-13,27H,2-4,7-8,10-11H2,1H3,(H,22,24). The first-order valence-electron chi connectivity index (χ1n) is 9.53. The lowest BCUT2D eigenvalue weighted by molar-refractivity contribution is -0.271. The molecule has 8 nitrogen and oxygen atoms in total. The van der Waals surface area contributed by atoms with Crippen LogP contribution in [0.4, 0.5) is 19.0 Å². The molecule has 1 unspecified atom stereocenters. The summed E-state index contributed by atoms with van der Waals surface area (Å²) in [6.45, 7) is 0.672. The van der Waals surface area contributed by atoms with E-state index < -0.39 is 34.0 Å². The van der Waals surface area contributed by atoms with Gasteiger partial charge in [-0.05, 0) is 25.0 Å². The van der Waals surface area contributed by atoms with Gasteiger partial charge in [0.2, 0.25) is 15.6 Å². The first-order chi connectivity index (χ1) is 14.1. The molecule has 0 radical (unpaired) electrons. The number of aryl methyl sites for hydroxylation is 1. The molecule has 2 aromatic heterocycles. The van der Waals surface area contributed by atoms with Crippen molar-refractivity contribution >= 4 is 15.8 Å². The molecule has 0 amide bonds. The van der Waals surface area contributed by atoms with Crippen molar-refractivity contribution in [2.24, 2.45) is 7.05 Å². The number of anilines is 1. The van der Waals surface area contributed by atoms with Gasteiger partial charge >= 0.3 is 6.18 Å². The molecule has 12 heteroatoms. The number of halogens is 3. The molecule has 2 N–H and O–H groups in total. The maximum atomic E-state index is 13.5. The topological polar surface area (TPSA) is 100 Å². The summed E-state index contributed by atoms with van der Waals surface area (Å²) in [6.07, 6.45) is 0.682. The molecule has 0 spiro atoms. The Morgan fingerprint density at radius 3 is 2.40 bits per heavy atom. The lowest BCUT2D eigenvalue weighted by Crippen LogP contribution is -2.45. The predicted octanol–water partition coefficient (Wildman–Crippen LogP) is 2.24. The van der Waals surface area contributed by atoms with Gasteiger partial charge in [-0.1, -0.05) is 6.42 Å². The summed E-state index contributed by atoms with van der Waals surface area (Å²) in [5.74, 6) is -0.301. The van der Waals surface area contributed by atoms with Crippen LogP contribution in [0.25, 0.3) is 0 Å². The van der Waals surface area contributed by atoms with Crippen LogP contribution in [0.15, 0.2) is 35.6 Å². The summed E-state index contributed by atoms with van der Waals surface area (Å²) < 4.78 is 68.3. The largest absolute Gasteiger partial charge is 0.424 e. The zero-order chi connectivity index (χ0) is 22.0. The highest BCUT2D eigenvalue weighted by Gasteiger charge is 2.57. The van der Waals surface area contributed by atoms with Crippen LogP contribution in [-0.2, 0) is 22.7 Å². The number of sulfonamides is 1. The maximum absolute atomic E-state index is 13.5. The van der Waals surface area contributed by atoms with E-state index in [1.54, 1.807) is 0 Å². The number of alkyl halides is 3. The Kier molecular flexibility index (Phi) is 6.39. The van der Waals surface area contributed by atoms with Gasteiger partial charge in [0.1, 0.15) is 16.5 Å². The molecule has 166 valence electrons. The lowest BCUT2D eigenvalue weighted by atomic mass is 9.97. The van der Waals surface area contributed by atoms with Gasteiger partial charge in [-0.2, -0.15) is 17.5 Å². The first kappa shape index (κ1) is 22.5. The Labute approximate surface area is 172 Å². The monoisotopic (exact) mass is 447 g/mol. The molecule has 2 aromatic rings. The second-order valence-electron chi connectivity index (χ2n) is 7.24. The predicted molar refractivity (Wildman–Crippen MR) is 103 cm³/mol. The zero-order valence-electron chi connectivity index (χ0n) is 16.4. The number of nitrogens with one attached hydrogen (secondary N) is 1. The number of nitrogens with zero attached hydrogens (tertiary/aromatic N) is 4. The van der Waals surface area contributed by atoms with Crippen LogP contribution < -0.4 is 5.32 Å². The van der Waals surface area contributed by atoms with E-state index in [-0.39, 0.29) is 17.3 Å². The molecule has 1 aliphatic rings. The Hall–Kier alpha value is -2.18. The fourth-order valence-corrected chi connectivity index (χ4v) is 4.87.